The molecule has 0 aliphatic heterocycles. The fraction of sp³-hybridized carbons (Fsp3) is 0.421. The lowest BCUT2D eigenvalue weighted by Gasteiger charge is -2.33. The summed E-state index contributed by atoms with van der Waals surface area (Å²) in [5, 5.41) is 0. The zero-order chi connectivity index (χ0) is 17.5. The minimum absolute atomic E-state index is 0.262. The van der Waals surface area contributed by atoms with Crippen molar-refractivity contribution in [1.29, 1.82) is 0 Å². The zero-order valence-electron chi connectivity index (χ0n) is 14.4. The van der Waals surface area contributed by atoms with Crippen molar-refractivity contribution in [1.82, 2.24) is 0 Å². The highest BCUT2D eigenvalue weighted by molar-refractivity contribution is 8.01. The van der Waals surface area contributed by atoms with E-state index >= 15 is 0 Å². The van der Waals surface area contributed by atoms with Crippen LogP contribution >= 0.6 is 11.8 Å². The number of benzene rings is 1. The van der Waals surface area contributed by atoms with Gasteiger partial charge >= 0.3 is 5.97 Å². The molecule has 0 spiro atoms. The fourth-order valence-corrected chi connectivity index (χ4v) is 3.25. The first kappa shape index (κ1) is 19.4. The van der Waals surface area contributed by atoms with Gasteiger partial charge in [-0.05, 0) is 44.9 Å². The number of rotatable bonds is 8. The van der Waals surface area contributed by atoms with Crippen LogP contribution in [-0.4, -0.2) is 24.4 Å². The largest absolute Gasteiger partial charge is 0.497 e. The van der Waals surface area contributed by atoms with Gasteiger partial charge in [0.2, 0.25) is 0 Å². The number of hydrogen-bond acceptors (Lipinski definition) is 4. The first-order valence-corrected chi connectivity index (χ1v) is 8.51. The van der Waals surface area contributed by atoms with Gasteiger partial charge in [0.15, 0.2) is 0 Å². The van der Waals surface area contributed by atoms with Crippen molar-refractivity contribution in [2.75, 3.05) is 12.9 Å². The lowest BCUT2D eigenvalue weighted by molar-refractivity contribution is -0.158. The quantitative estimate of drug-likeness (QED) is 0.509. The summed E-state index contributed by atoms with van der Waals surface area (Å²) >= 11 is 1.50. The maximum absolute atomic E-state index is 13.0. The number of ether oxygens (including phenoxy) is 2. The molecule has 3 nitrogen and oxygen atoms in total. The van der Waals surface area contributed by atoms with Crippen molar-refractivity contribution < 1.29 is 14.3 Å². The van der Waals surface area contributed by atoms with Gasteiger partial charge in [-0.15, -0.1) is 24.9 Å². The summed E-state index contributed by atoms with van der Waals surface area (Å²) in [4.78, 5) is 13.0. The lowest BCUT2D eigenvalue weighted by Crippen LogP contribution is -2.39. The minimum atomic E-state index is -0.838. The molecule has 0 aliphatic carbocycles. The molecular weight excluding hydrogens is 308 g/mol. The van der Waals surface area contributed by atoms with E-state index < -0.39 is 10.3 Å². The Balaban J connectivity index is 3.32. The van der Waals surface area contributed by atoms with E-state index in [0.29, 0.717) is 12.2 Å². The normalized spacial score (nSPS) is 13.7. The molecule has 1 unspecified atom stereocenters. The third-order valence-corrected chi connectivity index (χ3v) is 4.63. The molecule has 0 bridgehead atoms. The number of hydrogen-bond donors (Lipinski definition) is 0. The van der Waals surface area contributed by atoms with Crippen LogP contribution in [0.2, 0.25) is 0 Å². The second-order valence-electron chi connectivity index (χ2n) is 6.15. The van der Waals surface area contributed by atoms with Crippen molar-refractivity contribution in [2.24, 2.45) is 0 Å². The predicted molar refractivity (Wildman–Crippen MR) is 98.0 cm³/mol. The van der Waals surface area contributed by atoms with Gasteiger partial charge in [0, 0.05) is 5.75 Å². The molecule has 4 heteroatoms. The third-order valence-electron chi connectivity index (χ3n) is 3.16. The number of thioether (sulfide) groups is 1. The van der Waals surface area contributed by atoms with Crippen LogP contribution in [0.4, 0.5) is 0 Å². The van der Waals surface area contributed by atoms with Gasteiger partial charge in [0.25, 0.3) is 0 Å². The molecule has 1 rings (SSSR count). The molecule has 0 saturated heterocycles. The molecule has 0 saturated carbocycles. The Morgan fingerprint density at radius 2 is 1.78 bits per heavy atom. The van der Waals surface area contributed by atoms with Crippen LogP contribution in [0.5, 0.6) is 5.75 Å². The summed E-state index contributed by atoms with van der Waals surface area (Å²) < 4.78 is 10.1. The Kier molecular flexibility index (Phi) is 6.95. The van der Waals surface area contributed by atoms with E-state index in [1.54, 1.807) is 19.3 Å². The first-order chi connectivity index (χ1) is 10.8. The van der Waals surface area contributed by atoms with Crippen LogP contribution in [0.15, 0.2) is 49.6 Å². The van der Waals surface area contributed by atoms with Crippen LogP contribution in [0.3, 0.4) is 0 Å². The van der Waals surface area contributed by atoms with E-state index in [-0.39, 0.29) is 5.97 Å². The van der Waals surface area contributed by atoms with Crippen LogP contribution in [0.25, 0.3) is 0 Å². The maximum atomic E-state index is 13.0. The lowest BCUT2D eigenvalue weighted by atomic mass is 9.94. The Morgan fingerprint density at radius 3 is 2.22 bits per heavy atom. The van der Waals surface area contributed by atoms with E-state index in [1.165, 1.54) is 11.8 Å². The number of methoxy groups -OCH3 is 1. The van der Waals surface area contributed by atoms with Crippen molar-refractivity contribution in [3.63, 3.8) is 0 Å². The molecule has 0 aromatic heterocycles. The van der Waals surface area contributed by atoms with Gasteiger partial charge < -0.3 is 9.47 Å². The van der Waals surface area contributed by atoms with E-state index in [0.717, 1.165) is 11.3 Å². The van der Waals surface area contributed by atoms with Crippen molar-refractivity contribution in [2.45, 2.75) is 37.5 Å². The van der Waals surface area contributed by atoms with Gasteiger partial charge in [-0.25, -0.2) is 0 Å². The van der Waals surface area contributed by atoms with Crippen molar-refractivity contribution in [3.8, 4) is 5.75 Å². The molecule has 1 aromatic rings. The highest BCUT2D eigenvalue weighted by Crippen LogP contribution is 2.43. The van der Waals surface area contributed by atoms with Crippen molar-refractivity contribution >= 4 is 17.7 Å². The molecule has 0 N–H and O–H groups in total. The fourth-order valence-electron chi connectivity index (χ4n) is 2.15. The summed E-state index contributed by atoms with van der Waals surface area (Å²) in [6, 6.07) is 7.52. The molecule has 1 atom stereocenters. The second kappa shape index (κ2) is 8.25. The van der Waals surface area contributed by atoms with Crippen LogP contribution in [0.1, 0.15) is 32.8 Å². The molecule has 0 amide bonds. The molecule has 0 fully saturated rings. The van der Waals surface area contributed by atoms with E-state index in [4.69, 9.17) is 9.47 Å². The van der Waals surface area contributed by atoms with Crippen LogP contribution in [0, 0.1) is 0 Å². The Labute approximate surface area is 143 Å². The summed E-state index contributed by atoms with van der Waals surface area (Å²) in [5.41, 5.74) is 0.323. The molecule has 126 valence electrons. The average molecular weight is 334 g/mol. The van der Waals surface area contributed by atoms with E-state index in [2.05, 4.69) is 13.2 Å². The average Bonchev–Trinajstić information content (AvgIpc) is 2.50. The van der Waals surface area contributed by atoms with Gasteiger partial charge in [-0.1, -0.05) is 24.3 Å². The van der Waals surface area contributed by atoms with Crippen molar-refractivity contribution in [3.05, 3.63) is 55.1 Å². The SMILES string of the molecule is C=CCSC(CC=C)(C(=O)OC(C)(C)C)c1ccc(OC)cc1. The van der Waals surface area contributed by atoms with Gasteiger partial charge in [0.1, 0.15) is 16.1 Å². The maximum Gasteiger partial charge on any atom is 0.327 e. The van der Waals surface area contributed by atoms with Crippen LogP contribution in [-0.2, 0) is 14.3 Å². The summed E-state index contributed by atoms with van der Waals surface area (Å²) in [5.74, 6) is 1.13. The van der Waals surface area contributed by atoms with E-state index in [1.807, 2.05) is 45.0 Å². The molecule has 0 radical (unpaired) electrons. The topological polar surface area (TPSA) is 35.5 Å². The number of allylic oxidation sites excluding steroid dienone is 1. The summed E-state index contributed by atoms with van der Waals surface area (Å²) in [6.07, 6.45) is 4.02. The van der Waals surface area contributed by atoms with Gasteiger partial charge in [-0.2, -0.15) is 0 Å². The smallest absolute Gasteiger partial charge is 0.327 e. The van der Waals surface area contributed by atoms with E-state index in [9.17, 15) is 4.79 Å². The molecular formula is C19H26O3S. The zero-order valence-corrected chi connectivity index (χ0v) is 15.2. The highest BCUT2D eigenvalue weighted by Gasteiger charge is 2.42. The third kappa shape index (κ3) is 5.17. The standard InChI is InChI=1S/C19H26O3S/c1-7-13-19(23-14-8-2,17(20)22-18(3,4)5)15-9-11-16(21-6)12-10-15/h7-12H,1-2,13-14H2,3-6H3. The minimum Gasteiger partial charge on any atom is -0.497 e. The monoisotopic (exact) mass is 334 g/mol. The summed E-state index contributed by atoms with van der Waals surface area (Å²) in [7, 11) is 1.62. The predicted octanol–water partition coefficient (Wildman–Crippen LogP) is 4.73. The Morgan fingerprint density at radius 1 is 1.17 bits per heavy atom. The van der Waals surface area contributed by atoms with Gasteiger partial charge in [0.05, 0.1) is 7.11 Å². The summed E-state index contributed by atoms with van der Waals surface area (Å²) in [6.45, 7) is 13.2. The Hall–Kier alpha value is -1.68. The molecule has 0 aliphatic rings. The first-order valence-electron chi connectivity index (χ1n) is 7.53. The highest BCUT2D eigenvalue weighted by atomic mass is 32.2. The molecule has 23 heavy (non-hydrogen) atoms. The Bertz CT molecular complexity index is 543. The number of esters is 1. The number of carbonyl (C=O) groups is 1. The second-order valence-corrected chi connectivity index (χ2v) is 7.47. The number of carbonyl (C=O) groups excluding carboxylic acids is 1. The van der Waals surface area contributed by atoms with Gasteiger partial charge in [-0.3, -0.25) is 4.79 Å². The van der Waals surface area contributed by atoms with Crippen LogP contribution < -0.4 is 4.74 Å². The molecule has 0 heterocycles. The molecule has 1 aromatic carbocycles.